The van der Waals surface area contributed by atoms with Gasteiger partial charge >= 0.3 is 0 Å². The third-order valence-corrected chi connectivity index (χ3v) is 6.17. The number of rotatable bonds is 4. The molecule has 0 spiro atoms. The van der Waals surface area contributed by atoms with Crippen LogP contribution in [0.5, 0.6) is 0 Å². The third-order valence-electron chi connectivity index (χ3n) is 3.05. The van der Waals surface area contributed by atoms with Gasteiger partial charge in [0.2, 0.25) is 5.91 Å². The average molecular weight is 374 g/mol. The van der Waals surface area contributed by atoms with E-state index < -0.39 is 10.0 Å². The summed E-state index contributed by atoms with van der Waals surface area (Å²) in [6.45, 7) is 3.73. The minimum absolute atomic E-state index is 0. The minimum atomic E-state index is -3.67. The summed E-state index contributed by atoms with van der Waals surface area (Å²) in [5.41, 5.74) is 0. The Balaban J connectivity index is 0.00000220. The summed E-state index contributed by atoms with van der Waals surface area (Å²) in [6, 6.07) is 3.01. The standard InChI is InChI=1S/C11H16ClN3O3S2.ClH/c1-8-6-13-4-5-15(8)10(16)7-14-20(17,18)11-3-2-9(12)19-11;/h2-3,8,13-14H,4-7H2,1H3;1H. The fourth-order valence-corrected chi connectivity index (χ4v) is 4.48. The largest absolute Gasteiger partial charge is 0.336 e. The first-order valence-electron chi connectivity index (χ1n) is 6.15. The monoisotopic (exact) mass is 373 g/mol. The SMILES string of the molecule is CC1CNCCN1C(=O)CNS(=O)(=O)c1ccc(Cl)s1.Cl. The molecule has 2 heterocycles. The molecule has 1 aromatic heterocycles. The molecule has 1 fully saturated rings. The van der Waals surface area contributed by atoms with Crippen molar-refractivity contribution in [1.82, 2.24) is 14.9 Å². The third kappa shape index (κ3) is 4.80. The second kappa shape index (κ2) is 7.75. The van der Waals surface area contributed by atoms with Crippen LogP contribution in [-0.4, -0.2) is 51.4 Å². The zero-order valence-corrected chi connectivity index (χ0v) is 14.5. The van der Waals surface area contributed by atoms with Gasteiger partial charge in [0.05, 0.1) is 10.9 Å². The maximum absolute atomic E-state index is 12.0. The van der Waals surface area contributed by atoms with Crippen LogP contribution in [0, 0.1) is 0 Å². The molecule has 2 rings (SSSR count). The van der Waals surface area contributed by atoms with Gasteiger partial charge < -0.3 is 10.2 Å². The van der Waals surface area contributed by atoms with Crippen LogP contribution in [0.4, 0.5) is 0 Å². The van der Waals surface area contributed by atoms with Crippen molar-refractivity contribution in [2.75, 3.05) is 26.2 Å². The number of hydrogen-bond acceptors (Lipinski definition) is 5. The van der Waals surface area contributed by atoms with Gasteiger partial charge in [-0.3, -0.25) is 4.79 Å². The van der Waals surface area contributed by atoms with Crippen LogP contribution in [-0.2, 0) is 14.8 Å². The number of amides is 1. The van der Waals surface area contributed by atoms with Gasteiger partial charge in [0.15, 0.2) is 0 Å². The number of nitrogens with zero attached hydrogens (tertiary/aromatic N) is 1. The van der Waals surface area contributed by atoms with Crippen LogP contribution >= 0.6 is 35.3 Å². The molecule has 0 bridgehead atoms. The molecule has 1 unspecified atom stereocenters. The van der Waals surface area contributed by atoms with Crippen molar-refractivity contribution < 1.29 is 13.2 Å². The molecule has 21 heavy (non-hydrogen) atoms. The van der Waals surface area contributed by atoms with Crippen LogP contribution in [0.3, 0.4) is 0 Å². The van der Waals surface area contributed by atoms with Gasteiger partial charge in [-0.25, -0.2) is 13.1 Å². The van der Waals surface area contributed by atoms with Crippen molar-refractivity contribution in [2.45, 2.75) is 17.2 Å². The summed E-state index contributed by atoms with van der Waals surface area (Å²) in [5, 5.41) is 3.17. The second-order valence-corrected chi connectivity index (χ2v) is 8.23. The van der Waals surface area contributed by atoms with E-state index in [1.807, 2.05) is 6.92 Å². The number of halogens is 2. The minimum Gasteiger partial charge on any atom is -0.336 e. The first kappa shape index (κ1) is 18.7. The lowest BCUT2D eigenvalue weighted by Crippen LogP contribution is -2.54. The lowest BCUT2D eigenvalue weighted by Gasteiger charge is -2.34. The molecule has 0 radical (unpaired) electrons. The van der Waals surface area contributed by atoms with Crippen LogP contribution < -0.4 is 10.0 Å². The molecule has 6 nitrogen and oxygen atoms in total. The zero-order valence-electron chi connectivity index (χ0n) is 11.3. The first-order valence-corrected chi connectivity index (χ1v) is 8.83. The fourth-order valence-electron chi connectivity index (χ4n) is 1.98. The van der Waals surface area contributed by atoms with Crippen molar-refractivity contribution in [3.63, 3.8) is 0 Å². The van der Waals surface area contributed by atoms with Gasteiger partial charge in [-0.05, 0) is 19.1 Å². The summed E-state index contributed by atoms with van der Waals surface area (Å²) in [4.78, 5) is 13.7. The Bertz CT molecular complexity index is 591. The molecule has 1 aromatic rings. The van der Waals surface area contributed by atoms with E-state index in [9.17, 15) is 13.2 Å². The molecule has 120 valence electrons. The van der Waals surface area contributed by atoms with Gasteiger partial charge in [-0.15, -0.1) is 23.7 Å². The van der Waals surface area contributed by atoms with E-state index in [4.69, 9.17) is 11.6 Å². The lowest BCUT2D eigenvalue weighted by molar-refractivity contribution is -0.132. The summed E-state index contributed by atoms with van der Waals surface area (Å²) in [7, 11) is -3.67. The van der Waals surface area contributed by atoms with Crippen molar-refractivity contribution >= 4 is 51.3 Å². The average Bonchev–Trinajstić information content (AvgIpc) is 2.84. The molecule has 1 atom stereocenters. The Morgan fingerprint density at radius 3 is 2.86 bits per heavy atom. The molecule has 1 aliphatic heterocycles. The van der Waals surface area contributed by atoms with Crippen molar-refractivity contribution in [3.05, 3.63) is 16.5 Å². The van der Waals surface area contributed by atoms with Gasteiger partial charge in [0.1, 0.15) is 4.21 Å². The van der Waals surface area contributed by atoms with Crippen molar-refractivity contribution in [3.8, 4) is 0 Å². The smallest absolute Gasteiger partial charge is 0.250 e. The van der Waals surface area contributed by atoms with E-state index in [2.05, 4.69) is 10.0 Å². The van der Waals surface area contributed by atoms with Crippen molar-refractivity contribution in [1.29, 1.82) is 0 Å². The van der Waals surface area contributed by atoms with E-state index in [1.165, 1.54) is 12.1 Å². The molecule has 1 aliphatic rings. The predicted molar refractivity (Wildman–Crippen MR) is 85.8 cm³/mol. The summed E-state index contributed by atoms with van der Waals surface area (Å²) in [6.07, 6.45) is 0. The second-order valence-electron chi connectivity index (χ2n) is 4.52. The van der Waals surface area contributed by atoms with Gasteiger partial charge in [0.25, 0.3) is 10.0 Å². The topological polar surface area (TPSA) is 78.5 Å². The lowest BCUT2D eigenvalue weighted by atomic mass is 10.2. The molecule has 0 saturated carbocycles. The van der Waals surface area contributed by atoms with Crippen LogP contribution in [0.2, 0.25) is 4.34 Å². The van der Waals surface area contributed by atoms with Crippen LogP contribution in [0.1, 0.15) is 6.92 Å². The first-order chi connectivity index (χ1) is 9.40. The highest BCUT2D eigenvalue weighted by atomic mass is 35.5. The number of piperazine rings is 1. The molecular formula is C11H17Cl2N3O3S2. The number of carbonyl (C=O) groups excluding carboxylic acids is 1. The number of thiophene rings is 1. The van der Waals surface area contributed by atoms with E-state index in [-0.39, 0.29) is 35.1 Å². The molecule has 0 aliphatic carbocycles. The Hall–Kier alpha value is -0.380. The molecule has 10 heteroatoms. The van der Waals surface area contributed by atoms with Gasteiger partial charge in [-0.2, -0.15) is 0 Å². The summed E-state index contributed by atoms with van der Waals surface area (Å²) in [5.74, 6) is -0.217. The quantitative estimate of drug-likeness (QED) is 0.822. The maximum Gasteiger partial charge on any atom is 0.250 e. The highest BCUT2D eigenvalue weighted by Crippen LogP contribution is 2.25. The van der Waals surface area contributed by atoms with Gasteiger partial charge in [-0.1, -0.05) is 11.6 Å². The Kier molecular flexibility index (Phi) is 6.89. The highest BCUT2D eigenvalue weighted by Gasteiger charge is 2.25. The number of carbonyl (C=O) groups is 1. The van der Waals surface area contributed by atoms with Crippen LogP contribution in [0.25, 0.3) is 0 Å². The van der Waals surface area contributed by atoms with Gasteiger partial charge in [0, 0.05) is 25.7 Å². The van der Waals surface area contributed by atoms with Crippen LogP contribution in [0.15, 0.2) is 16.3 Å². The molecule has 2 N–H and O–H groups in total. The normalized spacial score (nSPS) is 19.1. The summed E-state index contributed by atoms with van der Waals surface area (Å²) >= 11 is 6.68. The Labute approximate surface area is 139 Å². The molecular weight excluding hydrogens is 357 g/mol. The molecule has 0 aromatic carbocycles. The fraction of sp³-hybridized carbons (Fsp3) is 0.545. The molecule has 1 amide bonds. The summed E-state index contributed by atoms with van der Waals surface area (Å²) < 4.78 is 26.8. The Morgan fingerprint density at radius 2 is 2.29 bits per heavy atom. The van der Waals surface area contributed by atoms with Crippen molar-refractivity contribution in [2.24, 2.45) is 0 Å². The Morgan fingerprint density at radius 1 is 1.57 bits per heavy atom. The van der Waals surface area contributed by atoms with E-state index in [0.717, 1.165) is 24.4 Å². The number of nitrogens with one attached hydrogen (secondary N) is 2. The maximum atomic E-state index is 12.0. The zero-order chi connectivity index (χ0) is 14.8. The highest BCUT2D eigenvalue weighted by molar-refractivity contribution is 7.91. The predicted octanol–water partition coefficient (Wildman–Crippen LogP) is 0.922. The van der Waals surface area contributed by atoms with E-state index >= 15 is 0 Å². The number of hydrogen-bond donors (Lipinski definition) is 2. The molecule has 1 saturated heterocycles. The van der Waals surface area contributed by atoms with E-state index in [0.29, 0.717) is 10.9 Å². The van der Waals surface area contributed by atoms with E-state index in [1.54, 1.807) is 4.90 Å². The number of sulfonamides is 1.